The summed E-state index contributed by atoms with van der Waals surface area (Å²) >= 11 is 0.600. The lowest BCUT2D eigenvalue weighted by molar-refractivity contribution is -0.136. The fourth-order valence-corrected chi connectivity index (χ4v) is 4.12. The average molecular weight is 328 g/mol. The Morgan fingerprint density at radius 3 is 2.71 bits per heavy atom. The van der Waals surface area contributed by atoms with E-state index in [1.807, 2.05) is 0 Å². The van der Waals surface area contributed by atoms with Gasteiger partial charge in [-0.25, -0.2) is 8.42 Å². The fourth-order valence-electron chi connectivity index (χ4n) is 1.77. The van der Waals surface area contributed by atoms with Gasteiger partial charge in [-0.1, -0.05) is 23.5 Å². The summed E-state index contributed by atoms with van der Waals surface area (Å²) in [5, 5.41) is 8.73. The number of aromatic nitrogens is 1. The Kier molecular flexibility index (Phi) is 4.14. The molecule has 1 aromatic carbocycles. The van der Waals surface area contributed by atoms with Gasteiger partial charge in [0.2, 0.25) is 0 Å². The van der Waals surface area contributed by atoms with Crippen LogP contribution in [0.5, 0.6) is 0 Å². The number of aromatic amines is 1. The number of carboxylic acids is 1. The molecule has 0 saturated heterocycles. The molecule has 0 amide bonds. The Hall–Kier alpha value is -2.13. The van der Waals surface area contributed by atoms with Crippen molar-refractivity contribution >= 4 is 33.0 Å². The lowest BCUT2D eigenvalue weighted by atomic mass is 10.1. The lowest BCUT2D eigenvalue weighted by Crippen LogP contribution is -2.13. The van der Waals surface area contributed by atoms with E-state index in [9.17, 15) is 18.0 Å². The molecule has 0 saturated carbocycles. The van der Waals surface area contributed by atoms with Gasteiger partial charge in [-0.2, -0.15) is 0 Å². The fraction of sp³-hybridized carbons (Fsp3) is 0.167. The van der Waals surface area contributed by atoms with Crippen LogP contribution in [0.3, 0.4) is 0 Å². The number of rotatable bonds is 5. The van der Waals surface area contributed by atoms with Crippen LogP contribution in [-0.2, 0) is 21.2 Å². The van der Waals surface area contributed by atoms with E-state index in [2.05, 4.69) is 9.71 Å². The van der Waals surface area contributed by atoms with Crippen molar-refractivity contribution in [2.45, 2.75) is 17.6 Å². The van der Waals surface area contributed by atoms with Crippen molar-refractivity contribution in [1.29, 1.82) is 0 Å². The number of sulfonamides is 1. The highest BCUT2D eigenvalue weighted by Crippen LogP contribution is 2.21. The van der Waals surface area contributed by atoms with Crippen molar-refractivity contribution in [1.82, 2.24) is 4.98 Å². The van der Waals surface area contributed by atoms with Gasteiger partial charge in [-0.3, -0.25) is 14.3 Å². The molecule has 0 aliphatic rings. The topological polar surface area (TPSA) is 116 Å². The molecule has 9 heteroatoms. The molecule has 2 aromatic rings. The Labute approximate surface area is 124 Å². The van der Waals surface area contributed by atoms with Crippen LogP contribution in [0, 0.1) is 6.92 Å². The van der Waals surface area contributed by atoms with Gasteiger partial charge in [-0.05, 0) is 24.6 Å². The lowest BCUT2D eigenvalue weighted by Gasteiger charge is -2.08. The first kappa shape index (κ1) is 15.3. The van der Waals surface area contributed by atoms with Gasteiger partial charge < -0.3 is 10.1 Å². The van der Waals surface area contributed by atoms with Gasteiger partial charge in [0.1, 0.15) is 0 Å². The molecular formula is C12H12N2O5S2. The third-order valence-electron chi connectivity index (χ3n) is 2.56. The number of nitrogens with one attached hydrogen (secondary N) is 2. The molecule has 0 fully saturated rings. The predicted molar refractivity (Wildman–Crippen MR) is 78.3 cm³/mol. The maximum Gasteiger partial charge on any atom is 0.307 e. The number of benzene rings is 1. The van der Waals surface area contributed by atoms with Gasteiger partial charge in [0.15, 0.2) is 4.21 Å². The minimum absolute atomic E-state index is 0.0869. The number of carboxylic acid groups (broad SMARTS) is 1. The maximum absolute atomic E-state index is 12.2. The molecular weight excluding hydrogens is 316 g/mol. The first-order chi connectivity index (χ1) is 9.78. The van der Waals surface area contributed by atoms with Gasteiger partial charge in [0, 0.05) is 11.4 Å². The Morgan fingerprint density at radius 1 is 1.43 bits per heavy atom. The first-order valence-corrected chi connectivity index (χ1v) is 8.11. The molecule has 0 spiro atoms. The monoisotopic (exact) mass is 328 g/mol. The number of carbonyl (C=O) groups is 1. The van der Waals surface area contributed by atoms with E-state index in [1.165, 1.54) is 19.1 Å². The van der Waals surface area contributed by atoms with Gasteiger partial charge >= 0.3 is 10.8 Å². The zero-order valence-corrected chi connectivity index (χ0v) is 12.5. The van der Waals surface area contributed by atoms with E-state index in [1.54, 1.807) is 12.1 Å². The van der Waals surface area contributed by atoms with Gasteiger partial charge in [0.25, 0.3) is 10.0 Å². The number of thiazole rings is 1. The number of aliphatic carboxylic acids is 1. The maximum atomic E-state index is 12.2. The van der Waals surface area contributed by atoms with Crippen molar-refractivity contribution in [3.8, 4) is 0 Å². The summed E-state index contributed by atoms with van der Waals surface area (Å²) in [5.74, 6) is -1.00. The summed E-state index contributed by atoms with van der Waals surface area (Å²) in [5.41, 5.74) is 0.981. The molecule has 0 radical (unpaired) electrons. The van der Waals surface area contributed by atoms with E-state index in [0.29, 0.717) is 16.9 Å². The Morgan fingerprint density at radius 2 is 2.14 bits per heavy atom. The smallest absolute Gasteiger partial charge is 0.307 e. The van der Waals surface area contributed by atoms with Crippen molar-refractivity contribution in [3.63, 3.8) is 0 Å². The SMILES string of the molecule is Cc1[nH]c(=O)sc1S(=O)(=O)Nc1cccc(CC(=O)O)c1. The molecule has 0 atom stereocenters. The summed E-state index contributed by atoms with van der Waals surface area (Å²) in [7, 11) is -3.88. The quantitative estimate of drug-likeness (QED) is 0.762. The third-order valence-corrected chi connectivity index (χ3v) is 5.55. The van der Waals surface area contributed by atoms with Crippen LogP contribution in [0.25, 0.3) is 0 Å². The third kappa shape index (κ3) is 3.70. The zero-order valence-electron chi connectivity index (χ0n) is 10.9. The van der Waals surface area contributed by atoms with Gasteiger partial charge in [-0.15, -0.1) is 0 Å². The minimum Gasteiger partial charge on any atom is -0.481 e. The van der Waals surface area contributed by atoms with Crippen LogP contribution in [0.1, 0.15) is 11.3 Å². The molecule has 112 valence electrons. The second-order valence-corrected chi connectivity index (χ2v) is 7.16. The van der Waals surface area contributed by atoms with Crippen LogP contribution >= 0.6 is 11.3 Å². The number of H-pyrrole nitrogens is 1. The number of hydrogen-bond donors (Lipinski definition) is 3. The molecule has 1 aromatic heterocycles. The average Bonchev–Trinajstić information content (AvgIpc) is 2.68. The number of aryl methyl sites for hydroxylation is 1. The summed E-state index contributed by atoms with van der Waals surface area (Å²) in [4.78, 5) is 23.8. The van der Waals surface area contributed by atoms with E-state index < -0.39 is 20.9 Å². The van der Waals surface area contributed by atoms with Crippen molar-refractivity contribution in [3.05, 3.63) is 45.2 Å². The summed E-state index contributed by atoms with van der Waals surface area (Å²) in [6.07, 6.45) is -0.202. The molecule has 0 unspecified atom stereocenters. The van der Waals surface area contributed by atoms with Crippen molar-refractivity contribution < 1.29 is 18.3 Å². The van der Waals surface area contributed by atoms with Crippen LogP contribution in [0.15, 0.2) is 33.3 Å². The second kappa shape index (κ2) is 5.70. The number of hydrogen-bond acceptors (Lipinski definition) is 5. The summed E-state index contributed by atoms with van der Waals surface area (Å²) in [6.45, 7) is 1.49. The molecule has 0 bridgehead atoms. The largest absolute Gasteiger partial charge is 0.481 e. The molecule has 3 N–H and O–H groups in total. The summed E-state index contributed by atoms with van der Waals surface area (Å²) in [6, 6.07) is 6.10. The predicted octanol–water partition coefficient (Wildman–Crippen LogP) is 1.17. The summed E-state index contributed by atoms with van der Waals surface area (Å²) < 4.78 is 26.6. The van der Waals surface area contributed by atoms with Crippen LogP contribution in [0.4, 0.5) is 5.69 Å². The number of anilines is 1. The standard InChI is InChI=1S/C12H12N2O5S2/c1-7-11(20-12(17)13-7)21(18,19)14-9-4-2-3-8(5-9)6-10(15)16/h2-5,14H,6H2,1H3,(H,13,17)(H,15,16). The van der Waals surface area contributed by atoms with E-state index in [0.717, 1.165) is 0 Å². The van der Waals surface area contributed by atoms with E-state index in [4.69, 9.17) is 5.11 Å². The van der Waals surface area contributed by atoms with Crippen molar-refractivity contribution in [2.75, 3.05) is 4.72 Å². The zero-order chi connectivity index (χ0) is 15.6. The van der Waals surface area contributed by atoms with Crippen LogP contribution in [-0.4, -0.2) is 24.5 Å². The Bertz CT molecular complexity index is 835. The molecule has 7 nitrogen and oxygen atoms in total. The normalized spacial score (nSPS) is 11.3. The second-order valence-electron chi connectivity index (χ2n) is 4.30. The highest BCUT2D eigenvalue weighted by molar-refractivity contribution is 7.94. The van der Waals surface area contributed by atoms with E-state index in [-0.39, 0.29) is 22.0 Å². The molecule has 21 heavy (non-hydrogen) atoms. The highest BCUT2D eigenvalue weighted by atomic mass is 32.2. The van der Waals surface area contributed by atoms with Crippen LogP contribution in [0.2, 0.25) is 0 Å². The van der Waals surface area contributed by atoms with Gasteiger partial charge in [0.05, 0.1) is 6.42 Å². The van der Waals surface area contributed by atoms with E-state index >= 15 is 0 Å². The Balaban J connectivity index is 2.31. The molecule has 1 heterocycles. The van der Waals surface area contributed by atoms with Crippen molar-refractivity contribution in [2.24, 2.45) is 0 Å². The highest BCUT2D eigenvalue weighted by Gasteiger charge is 2.20. The molecule has 0 aliphatic heterocycles. The molecule has 2 rings (SSSR count). The molecule has 0 aliphatic carbocycles. The minimum atomic E-state index is -3.88. The van der Waals surface area contributed by atoms with Crippen LogP contribution < -0.4 is 9.60 Å². The first-order valence-electron chi connectivity index (χ1n) is 5.81.